The zero-order chi connectivity index (χ0) is 23.2. The molecule has 2 N–H and O–H groups in total. The molecule has 2 aliphatic heterocycles. The Morgan fingerprint density at radius 3 is 2.73 bits per heavy atom. The summed E-state index contributed by atoms with van der Waals surface area (Å²) in [7, 11) is 0. The molecular formula is C24H26N4O5. The fourth-order valence-electron chi connectivity index (χ4n) is 3.84. The highest BCUT2D eigenvalue weighted by Crippen LogP contribution is 2.30. The van der Waals surface area contributed by atoms with E-state index in [1.807, 2.05) is 53.4 Å². The van der Waals surface area contributed by atoms with Gasteiger partial charge in [-0.05, 0) is 30.0 Å². The molecule has 33 heavy (non-hydrogen) atoms. The lowest BCUT2D eigenvalue weighted by atomic mass is 10.1. The van der Waals surface area contributed by atoms with E-state index in [0.717, 1.165) is 16.8 Å². The number of unbranched alkanes of at least 4 members (excludes halogenated alkanes) is 1. The number of carbonyl (C=O) groups is 3. The molecule has 2 aromatic carbocycles. The van der Waals surface area contributed by atoms with Crippen molar-refractivity contribution in [1.29, 1.82) is 0 Å². The zero-order valence-electron chi connectivity index (χ0n) is 18.2. The molecule has 1 saturated heterocycles. The second kappa shape index (κ2) is 10.2. The molecule has 9 nitrogen and oxygen atoms in total. The summed E-state index contributed by atoms with van der Waals surface area (Å²) < 4.78 is 5.82. The largest absolute Gasteiger partial charge is 0.494 e. The molecule has 1 fully saturated rings. The minimum atomic E-state index is -1.03. The molecule has 0 unspecified atom stereocenters. The first kappa shape index (κ1) is 22.3. The lowest BCUT2D eigenvalue weighted by molar-refractivity contribution is -0.145. The number of nitrogens with zero attached hydrogens (tertiary/aromatic N) is 3. The molecule has 172 valence electrons. The van der Waals surface area contributed by atoms with Gasteiger partial charge in [-0.1, -0.05) is 36.4 Å². The topological polar surface area (TPSA) is 112 Å². The average molecular weight is 450 g/mol. The smallest absolute Gasteiger partial charge is 0.323 e. The molecule has 0 aromatic heterocycles. The predicted octanol–water partition coefficient (Wildman–Crippen LogP) is 2.28. The van der Waals surface area contributed by atoms with Crippen LogP contribution in [-0.2, 0) is 27.5 Å². The molecule has 0 aliphatic carbocycles. The van der Waals surface area contributed by atoms with Gasteiger partial charge < -0.3 is 19.6 Å². The number of amides is 2. The van der Waals surface area contributed by atoms with Crippen LogP contribution in [-0.4, -0.2) is 58.3 Å². The molecule has 2 amide bonds. The van der Waals surface area contributed by atoms with Crippen LogP contribution in [0.15, 0.2) is 53.5 Å². The number of guanidine groups is 1. The second-order valence-corrected chi connectivity index (χ2v) is 8.06. The average Bonchev–Trinajstić information content (AvgIpc) is 3.15. The van der Waals surface area contributed by atoms with Crippen molar-refractivity contribution in [3.8, 4) is 5.75 Å². The summed E-state index contributed by atoms with van der Waals surface area (Å²) >= 11 is 0. The quantitative estimate of drug-likeness (QED) is 0.537. The van der Waals surface area contributed by atoms with Gasteiger partial charge in [0.15, 0.2) is 0 Å². The van der Waals surface area contributed by atoms with Crippen LogP contribution in [0.3, 0.4) is 0 Å². The number of carboxylic acids is 1. The van der Waals surface area contributed by atoms with Gasteiger partial charge in [0.25, 0.3) is 0 Å². The van der Waals surface area contributed by atoms with Crippen LogP contribution in [0, 0.1) is 0 Å². The van der Waals surface area contributed by atoms with E-state index in [1.165, 1.54) is 4.90 Å². The number of aliphatic imine (C=N–C) groups is 1. The van der Waals surface area contributed by atoms with Crippen molar-refractivity contribution >= 4 is 29.4 Å². The monoisotopic (exact) mass is 450 g/mol. The first-order valence-electron chi connectivity index (χ1n) is 10.9. The maximum absolute atomic E-state index is 12.6. The number of benzene rings is 2. The van der Waals surface area contributed by atoms with Gasteiger partial charge >= 0.3 is 5.97 Å². The Morgan fingerprint density at radius 1 is 1.12 bits per heavy atom. The Morgan fingerprint density at radius 2 is 1.94 bits per heavy atom. The number of rotatable bonds is 10. The van der Waals surface area contributed by atoms with Crippen molar-refractivity contribution < 1.29 is 24.2 Å². The number of aliphatic carboxylic acids is 1. The molecule has 0 saturated carbocycles. The molecular weight excluding hydrogens is 424 g/mol. The van der Waals surface area contributed by atoms with Gasteiger partial charge in [0.2, 0.25) is 17.8 Å². The van der Waals surface area contributed by atoms with Crippen molar-refractivity contribution in [3.05, 3.63) is 59.7 Å². The van der Waals surface area contributed by atoms with Gasteiger partial charge in [0, 0.05) is 25.6 Å². The van der Waals surface area contributed by atoms with Crippen LogP contribution in [0.1, 0.15) is 30.4 Å². The molecule has 2 aliphatic rings. The highest BCUT2D eigenvalue weighted by atomic mass is 16.5. The molecule has 0 radical (unpaired) electrons. The highest BCUT2D eigenvalue weighted by molar-refractivity contribution is 6.05. The van der Waals surface area contributed by atoms with E-state index in [1.54, 1.807) is 0 Å². The lowest BCUT2D eigenvalue weighted by Gasteiger charge is -2.23. The molecule has 9 heteroatoms. The second-order valence-electron chi connectivity index (χ2n) is 8.06. The molecule has 0 bridgehead atoms. The predicted molar refractivity (Wildman–Crippen MR) is 121 cm³/mol. The number of carboxylic acid groups (broad SMARTS) is 1. The van der Waals surface area contributed by atoms with Gasteiger partial charge in [-0.2, -0.15) is 0 Å². The summed E-state index contributed by atoms with van der Waals surface area (Å²) in [5, 5.41) is 11.9. The summed E-state index contributed by atoms with van der Waals surface area (Å²) in [4.78, 5) is 43.0. The first-order chi connectivity index (χ1) is 16.0. The summed E-state index contributed by atoms with van der Waals surface area (Å²) in [6.45, 7) is 1.34. The number of carbonyl (C=O) groups excluding carboxylic acids is 2. The fraction of sp³-hybridized carbons (Fsp3) is 0.333. The Balaban J connectivity index is 1.24. The number of hydrogen-bond acceptors (Lipinski definition) is 6. The standard InChI is InChI=1S/C24H26N4O5/c29-21-15-28-14-18-9-10-19(12-20(18)25-24(28)26-21)33-11-5-4-8-22(30)27(16-23(31)32)13-17-6-2-1-3-7-17/h1-3,6-7,9-10,12H,4-5,8,11,13-16H2,(H,31,32)(H,25,26,29). The van der Waals surface area contributed by atoms with Crippen LogP contribution >= 0.6 is 0 Å². The first-order valence-corrected chi connectivity index (χ1v) is 10.9. The summed E-state index contributed by atoms with van der Waals surface area (Å²) in [6, 6.07) is 15.0. The Kier molecular flexibility index (Phi) is 6.87. The number of ether oxygens (including phenoxy) is 1. The van der Waals surface area contributed by atoms with Crippen LogP contribution < -0.4 is 10.1 Å². The summed E-state index contributed by atoms with van der Waals surface area (Å²) in [6.07, 6.45) is 1.52. The van der Waals surface area contributed by atoms with Crippen molar-refractivity contribution in [2.75, 3.05) is 19.7 Å². The molecule has 4 rings (SSSR count). The van der Waals surface area contributed by atoms with E-state index in [-0.39, 0.29) is 31.3 Å². The van der Waals surface area contributed by atoms with Crippen LogP contribution in [0.2, 0.25) is 0 Å². The lowest BCUT2D eigenvalue weighted by Crippen LogP contribution is -2.35. The van der Waals surface area contributed by atoms with Gasteiger partial charge in [0.05, 0.1) is 12.3 Å². The highest BCUT2D eigenvalue weighted by Gasteiger charge is 2.29. The van der Waals surface area contributed by atoms with E-state index < -0.39 is 5.97 Å². The van der Waals surface area contributed by atoms with Gasteiger partial charge in [0.1, 0.15) is 18.8 Å². The SMILES string of the molecule is O=C(O)CN(Cc1ccccc1)C(=O)CCCCOc1ccc2c(c1)N=C1NC(=O)CN1C2. The van der Waals surface area contributed by atoms with Crippen LogP contribution in [0.25, 0.3) is 0 Å². The third-order valence-electron chi connectivity index (χ3n) is 5.48. The van der Waals surface area contributed by atoms with Crippen molar-refractivity contribution in [1.82, 2.24) is 15.1 Å². The number of fused-ring (bicyclic) bond motifs is 2. The minimum Gasteiger partial charge on any atom is -0.494 e. The molecule has 0 atom stereocenters. The van der Waals surface area contributed by atoms with E-state index in [4.69, 9.17) is 9.84 Å². The maximum Gasteiger partial charge on any atom is 0.323 e. The fourth-order valence-corrected chi connectivity index (χ4v) is 3.84. The molecule has 2 heterocycles. The van der Waals surface area contributed by atoms with E-state index >= 15 is 0 Å². The van der Waals surface area contributed by atoms with Crippen molar-refractivity contribution in [2.45, 2.75) is 32.4 Å². The summed E-state index contributed by atoms with van der Waals surface area (Å²) in [5.41, 5.74) is 2.71. The third-order valence-corrected chi connectivity index (χ3v) is 5.48. The van der Waals surface area contributed by atoms with E-state index in [2.05, 4.69) is 10.3 Å². The van der Waals surface area contributed by atoms with Crippen molar-refractivity contribution in [2.24, 2.45) is 4.99 Å². The van der Waals surface area contributed by atoms with E-state index in [0.29, 0.717) is 44.2 Å². The zero-order valence-corrected chi connectivity index (χ0v) is 18.2. The third kappa shape index (κ3) is 5.88. The molecule has 2 aromatic rings. The van der Waals surface area contributed by atoms with Crippen LogP contribution in [0.4, 0.5) is 5.69 Å². The Labute approximate surface area is 191 Å². The summed E-state index contributed by atoms with van der Waals surface area (Å²) in [5.74, 6) is -0.0189. The number of nitrogens with one attached hydrogen (secondary N) is 1. The van der Waals surface area contributed by atoms with Crippen LogP contribution in [0.5, 0.6) is 5.75 Å². The normalized spacial score (nSPS) is 14.1. The van der Waals surface area contributed by atoms with Gasteiger partial charge in [-0.3, -0.25) is 19.7 Å². The van der Waals surface area contributed by atoms with E-state index in [9.17, 15) is 14.4 Å². The van der Waals surface area contributed by atoms with Crippen molar-refractivity contribution in [3.63, 3.8) is 0 Å². The Bertz CT molecular complexity index is 1070. The van der Waals surface area contributed by atoms with Gasteiger partial charge in [-0.15, -0.1) is 0 Å². The molecule has 0 spiro atoms. The Hall–Kier alpha value is -3.88. The van der Waals surface area contributed by atoms with Gasteiger partial charge in [-0.25, -0.2) is 4.99 Å². The number of hydrogen-bond donors (Lipinski definition) is 2. The maximum atomic E-state index is 12.6. The minimum absolute atomic E-state index is 0.0572.